The van der Waals surface area contributed by atoms with Crippen molar-refractivity contribution in [2.75, 3.05) is 13.1 Å². The SMILES string of the molecule is Cc1ccc(C#CCN)c(C(=O)N2CCCC2C(N)=O)c1. The lowest BCUT2D eigenvalue weighted by Crippen LogP contribution is -2.43. The summed E-state index contributed by atoms with van der Waals surface area (Å²) in [7, 11) is 0. The molecule has 2 rings (SSSR count). The molecule has 0 radical (unpaired) electrons. The highest BCUT2D eigenvalue weighted by molar-refractivity contribution is 5.99. The molecular formula is C16H19N3O2. The van der Waals surface area contributed by atoms with E-state index in [2.05, 4.69) is 11.8 Å². The van der Waals surface area contributed by atoms with Gasteiger partial charge in [-0.1, -0.05) is 23.5 Å². The van der Waals surface area contributed by atoms with E-state index in [0.717, 1.165) is 12.0 Å². The van der Waals surface area contributed by atoms with Gasteiger partial charge in [0.2, 0.25) is 5.91 Å². The topological polar surface area (TPSA) is 89.4 Å². The Morgan fingerprint density at radius 1 is 1.43 bits per heavy atom. The van der Waals surface area contributed by atoms with Crippen LogP contribution in [0.1, 0.15) is 34.3 Å². The van der Waals surface area contributed by atoms with Crippen LogP contribution in [0.2, 0.25) is 0 Å². The standard InChI is InChI=1S/C16H19N3O2/c1-11-6-7-12(4-2-8-17)13(10-11)16(21)19-9-3-5-14(19)15(18)20/h6-7,10,14H,3,5,8-9,17H2,1H3,(H2,18,20). The van der Waals surface area contributed by atoms with Crippen LogP contribution in [0.25, 0.3) is 0 Å². The Balaban J connectivity index is 2.38. The Kier molecular flexibility index (Phi) is 4.61. The zero-order chi connectivity index (χ0) is 15.4. The molecule has 1 unspecified atom stereocenters. The lowest BCUT2D eigenvalue weighted by atomic mass is 10.0. The zero-order valence-electron chi connectivity index (χ0n) is 12.1. The van der Waals surface area contributed by atoms with Gasteiger partial charge in [0.05, 0.1) is 12.1 Å². The Labute approximate surface area is 124 Å². The van der Waals surface area contributed by atoms with Crippen molar-refractivity contribution in [3.63, 3.8) is 0 Å². The predicted molar refractivity (Wildman–Crippen MR) is 80.4 cm³/mol. The smallest absolute Gasteiger partial charge is 0.255 e. The monoisotopic (exact) mass is 285 g/mol. The van der Waals surface area contributed by atoms with E-state index < -0.39 is 11.9 Å². The van der Waals surface area contributed by atoms with E-state index in [1.54, 1.807) is 17.0 Å². The van der Waals surface area contributed by atoms with Gasteiger partial charge in [0, 0.05) is 12.1 Å². The molecule has 2 amide bonds. The third-order valence-corrected chi connectivity index (χ3v) is 3.57. The predicted octanol–water partition coefficient (Wildman–Crippen LogP) is 0.395. The van der Waals surface area contributed by atoms with Crippen molar-refractivity contribution >= 4 is 11.8 Å². The third-order valence-electron chi connectivity index (χ3n) is 3.57. The Morgan fingerprint density at radius 2 is 2.19 bits per heavy atom. The molecule has 0 saturated carbocycles. The van der Waals surface area contributed by atoms with Crippen molar-refractivity contribution in [1.82, 2.24) is 4.90 Å². The molecule has 1 fully saturated rings. The first kappa shape index (κ1) is 15.1. The van der Waals surface area contributed by atoms with Crippen molar-refractivity contribution in [2.45, 2.75) is 25.8 Å². The van der Waals surface area contributed by atoms with Crippen LogP contribution in [0.15, 0.2) is 18.2 Å². The number of nitrogens with zero attached hydrogens (tertiary/aromatic N) is 1. The summed E-state index contributed by atoms with van der Waals surface area (Å²) >= 11 is 0. The van der Waals surface area contributed by atoms with Crippen molar-refractivity contribution in [2.24, 2.45) is 11.5 Å². The molecule has 0 spiro atoms. The first-order valence-electron chi connectivity index (χ1n) is 6.94. The lowest BCUT2D eigenvalue weighted by molar-refractivity contribution is -0.121. The summed E-state index contributed by atoms with van der Waals surface area (Å²) in [6, 6.07) is 4.97. The number of likely N-dealkylation sites (tertiary alicyclic amines) is 1. The quantitative estimate of drug-likeness (QED) is 0.771. The second-order valence-electron chi connectivity index (χ2n) is 5.11. The molecule has 1 saturated heterocycles. The third kappa shape index (κ3) is 3.23. The van der Waals surface area contributed by atoms with E-state index in [9.17, 15) is 9.59 Å². The zero-order valence-corrected chi connectivity index (χ0v) is 12.1. The first-order valence-corrected chi connectivity index (χ1v) is 6.94. The normalized spacial score (nSPS) is 17.2. The molecule has 1 aliphatic rings. The molecule has 0 aliphatic carbocycles. The van der Waals surface area contributed by atoms with Gasteiger partial charge in [-0.15, -0.1) is 0 Å². The number of carbonyl (C=O) groups is 2. The van der Waals surface area contributed by atoms with Gasteiger partial charge >= 0.3 is 0 Å². The van der Waals surface area contributed by atoms with E-state index in [-0.39, 0.29) is 12.5 Å². The number of primary amides is 1. The molecule has 1 aliphatic heterocycles. The molecule has 4 N–H and O–H groups in total. The van der Waals surface area contributed by atoms with E-state index in [0.29, 0.717) is 24.1 Å². The van der Waals surface area contributed by atoms with Gasteiger partial charge in [-0.25, -0.2) is 0 Å². The number of amides is 2. The van der Waals surface area contributed by atoms with E-state index in [4.69, 9.17) is 11.5 Å². The first-order chi connectivity index (χ1) is 10.0. The fourth-order valence-electron chi connectivity index (χ4n) is 2.55. The molecule has 1 atom stereocenters. The summed E-state index contributed by atoms with van der Waals surface area (Å²) in [6.45, 7) is 2.69. The van der Waals surface area contributed by atoms with Crippen LogP contribution in [0.4, 0.5) is 0 Å². The minimum atomic E-state index is -0.520. The summed E-state index contributed by atoms with van der Waals surface area (Å²) < 4.78 is 0. The van der Waals surface area contributed by atoms with Crippen LogP contribution in [-0.4, -0.2) is 35.8 Å². The minimum absolute atomic E-state index is 0.193. The molecular weight excluding hydrogens is 266 g/mol. The molecule has 110 valence electrons. The number of hydrogen-bond acceptors (Lipinski definition) is 3. The van der Waals surface area contributed by atoms with Gasteiger partial charge in [-0.05, 0) is 31.9 Å². The Hall–Kier alpha value is -2.32. The highest BCUT2D eigenvalue weighted by Crippen LogP contribution is 2.22. The number of aryl methyl sites for hydroxylation is 1. The molecule has 5 heteroatoms. The van der Waals surface area contributed by atoms with Crippen LogP contribution in [0, 0.1) is 18.8 Å². The summed E-state index contributed by atoms with van der Waals surface area (Å²) in [6.07, 6.45) is 1.41. The molecule has 5 nitrogen and oxygen atoms in total. The van der Waals surface area contributed by atoms with Crippen LogP contribution in [0.3, 0.4) is 0 Å². The number of carbonyl (C=O) groups excluding carboxylic acids is 2. The van der Waals surface area contributed by atoms with Gasteiger partial charge in [-0.3, -0.25) is 9.59 Å². The number of hydrogen-bond donors (Lipinski definition) is 2. The maximum atomic E-state index is 12.7. The summed E-state index contributed by atoms with van der Waals surface area (Å²) in [5.74, 6) is 5.02. The molecule has 21 heavy (non-hydrogen) atoms. The van der Waals surface area contributed by atoms with E-state index >= 15 is 0 Å². The largest absolute Gasteiger partial charge is 0.368 e. The fourth-order valence-corrected chi connectivity index (χ4v) is 2.55. The number of benzene rings is 1. The van der Waals surface area contributed by atoms with Crippen molar-refractivity contribution in [1.29, 1.82) is 0 Å². The van der Waals surface area contributed by atoms with Crippen LogP contribution in [0.5, 0.6) is 0 Å². The second kappa shape index (κ2) is 6.42. The number of rotatable bonds is 2. The summed E-state index contributed by atoms with van der Waals surface area (Å²) in [5.41, 5.74) is 12.9. The maximum absolute atomic E-state index is 12.7. The number of nitrogens with two attached hydrogens (primary N) is 2. The van der Waals surface area contributed by atoms with Crippen molar-refractivity contribution in [3.05, 3.63) is 34.9 Å². The van der Waals surface area contributed by atoms with Gasteiger partial charge in [0.25, 0.3) is 5.91 Å². The van der Waals surface area contributed by atoms with Gasteiger partial charge in [0.15, 0.2) is 0 Å². The maximum Gasteiger partial charge on any atom is 0.255 e. The molecule has 0 bridgehead atoms. The van der Waals surface area contributed by atoms with E-state index in [1.807, 2.05) is 13.0 Å². The average Bonchev–Trinajstić information content (AvgIpc) is 2.94. The summed E-state index contributed by atoms with van der Waals surface area (Å²) in [5, 5.41) is 0. The second-order valence-corrected chi connectivity index (χ2v) is 5.11. The summed E-state index contributed by atoms with van der Waals surface area (Å²) in [4.78, 5) is 25.7. The lowest BCUT2D eigenvalue weighted by Gasteiger charge is -2.23. The van der Waals surface area contributed by atoms with Gasteiger partial charge in [0.1, 0.15) is 6.04 Å². The van der Waals surface area contributed by atoms with Crippen LogP contribution in [-0.2, 0) is 4.79 Å². The average molecular weight is 285 g/mol. The van der Waals surface area contributed by atoms with Crippen molar-refractivity contribution in [3.8, 4) is 11.8 Å². The highest BCUT2D eigenvalue weighted by atomic mass is 16.2. The van der Waals surface area contributed by atoms with Gasteiger partial charge < -0.3 is 16.4 Å². The van der Waals surface area contributed by atoms with Crippen LogP contribution < -0.4 is 11.5 Å². The molecule has 0 aromatic heterocycles. The van der Waals surface area contributed by atoms with Crippen molar-refractivity contribution < 1.29 is 9.59 Å². The molecule has 1 aromatic rings. The van der Waals surface area contributed by atoms with Gasteiger partial charge in [-0.2, -0.15) is 0 Å². The minimum Gasteiger partial charge on any atom is -0.368 e. The molecule has 1 aromatic carbocycles. The Morgan fingerprint density at radius 3 is 2.86 bits per heavy atom. The molecule has 1 heterocycles. The fraction of sp³-hybridized carbons (Fsp3) is 0.375. The van der Waals surface area contributed by atoms with E-state index in [1.165, 1.54) is 0 Å². The van der Waals surface area contributed by atoms with Crippen LogP contribution >= 0.6 is 0 Å². The highest BCUT2D eigenvalue weighted by Gasteiger charge is 2.33. The Bertz CT molecular complexity index is 628.